The van der Waals surface area contributed by atoms with Crippen LogP contribution in [0.25, 0.3) is 0 Å². The summed E-state index contributed by atoms with van der Waals surface area (Å²) in [5.74, 6) is -0.324. The molecule has 0 amide bonds. The molecular weight excluding hydrogens is 232 g/mol. The quantitative estimate of drug-likeness (QED) is 0.342. The third kappa shape index (κ3) is 11.2. The molecule has 0 aliphatic rings. The molecule has 0 spiro atoms. The van der Waals surface area contributed by atoms with Gasteiger partial charge in [0.05, 0.1) is 20.6 Å². The van der Waals surface area contributed by atoms with E-state index in [2.05, 4.69) is 9.47 Å². The van der Waals surface area contributed by atoms with Crippen molar-refractivity contribution < 1.29 is 19.1 Å². The Kier molecular flexibility index (Phi) is 11.3. The number of methoxy groups -OCH3 is 2. The third-order valence-corrected chi connectivity index (χ3v) is 2.66. The summed E-state index contributed by atoms with van der Waals surface area (Å²) in [6, 6.07) is 0. The molecule has 0 saturated heterocycles. The fourth-order valence-corrected chi connectivity index (χ4v) is 1.54. The molecule has 0 saturated carbocycles. The first kappa shape index (κ1) is 16.7. The monoisotopic (exact) mass is 256 g/mol. The molecule has 0 radical (unpaired) electrons. The Balaban J connectivity index is 3.21. The summed E-state index contributed by atoms with van der Waals surface area (Å²) in [6.07, 6.45) is 11.1. The normalized spacial score (nSPS) is 10.6. The van der Waals surface area contributed by atoms with Crippen molar-refractivity contribution in [2.75, 3.05) is 14.2 Å². The van der Waals surface area contributed by atoms with Crippen LogP contribution < -0.4 is 0 Å². The fraction of sp³-hybridized carbons (Fsp3) is 0.714. The minimum Gasteiger partial charge on any atom is -0.469 e. The zero-order chi connectivity index (χ0) is 13.6. The highest BCUT2D eigenvalue weighted by Gasteiger charge is 1.98. The number of hydrogen-bond acceptors (Lipinski definition) is 4. The van der Waals surface area contributed by atoms with E-state index in [4.69, 9.17) is 0 Å². The van der Waals surface area contributed by atoms with Crippen molar-refractivity contribution in [3.05, 3.63) is 12.2 Å². The molecule has 104 valence electrons. The number of unbranched alkanes of at least 4 members (excludes halogenated alkanes) is 5. The molecule has 0 N–H and O–H groups in total. The van der Waals surface area contributed by atoms with Gasteiger partial charge in [0, 0.05) is 6.42 Å². The molecular formula is C14H24O4. The highest BCUT2D eigenvalue weighted by molar-refractivity contribution is 5.70. The Morgan fingerprint density at radius 2 is 1.44 bits per heavy atom. The number of ether oxygens (including phenoxy) is 2. The van der Waals surface area contributed by atoms with E-state index < -0.39 is 0 Å². The number of esters is 2. The van der Waals surface area contributed by atoms with E-state index in [1.807, 2.05) is 12.2 Å². The van der Waals surface area contributed by atoms with Crippen LogP contribution in [0.4, 0.5) is 0 Å². The molecule has 0 aliphatic heterocycles. The Hall–Kier alpha value is -1.32. The molecule has 0 aromatic carbocycles. The molecule has 18 heavy (non-hydrogen) atoms. The summed E-state index contributed by atoms with van der Waals surface area (Å²) < 4.78 is 9.09. The molecule has 0 aliphatic carbocycles. The lowest BCUT2D eigenvalue weighted by Crippen LogP contribution is -1.99. The van der Waals surface area contributed by atoms with E-state index in [1.54, 1.807) is 0 Å². The average molecular weight is 256 g/mol. The van der Waals surface area contributed by atoms with Crippen molar-refractivity contribution in [3.63, 3.8) is 0 Å². The van der Waals surface area contributed by atoms with Crippen molar-refractivity contribution in [2.24, 2.45) is 0 Å². The van der Waals surface area contributed by atoms with Gasteiger partial charge >= 0.3 is 11.9 Å². The lowest BCUT2D eigenvalue weighted by Gasteiger charge is -2.00. The fourth-order valence-electron chi connectivity index (χ4n) is 1.54. The van der Waals surface area contributed by atoms with Crippen molar-refractivity contribution in [1.29, 1.82) is 0 Å². The molecule has 0 bridgehead atoms. The van der Waals surface area contributed by atoms with Gasteiger partial charge < -0.3 is 9.47 Å². The van der Waals surface area contributed by atoms with Crippen LogP contribution in [-0.4, -0.2) is 26.2 Å². The Morgan fingerprint density at radius 1 is 0.833 bits per heavy atom. The van der Waals surface area contributed by atoms with Crippen molar-refractivity contribution in [1.82, 2.24) is 0 Å². The van der Waals surface area contributed by atoms with Crippen LogP contribution >= 0.6 is 0 Å². The second-order valence-electron chi connectivity index (χ2n) is 4.13. The van der Waals surface area contributed by atoms with Gasteiger partial charge in [-0.3, -0.25) is 9.59 Å². The van der Waals surface area contributed by atoms with E-state index in [9.17, 15) is 9.59 Å². The second-order valence-corrected chi connectivity index (χ2v) is 4.13. The third-order valence-electron chi connectivity index (χ3n) is 2.66. The van der Waals surface area contributed by atoms with Gasteiger partial charge in [-0.05, 0) is 19.3 Å². The van der Waals surface area contributed by atoms with Crippen LogP contribution in [0.1, 0.15) is 51.4 Å². The number of rotatable bonds is 10. The first-order valence-electron chi connectivity index (χ1n) is 6.49. The maximum atomic E-state index is 10.8. The van der Waals surface area contributed by atoms with Gasteiger partial charge in [-0.2, -0.15) is 0 Å². The summed E-state index contributed by atoms with van der Waals surface area (Å²) in [5, 5.41) is 0. The topological polar surface area (TPSA) is 52.6 Å². The first-order valence-corrected chi connectivity index (χ1v) is 6.49. The molecule has 0 unspecified atom stereocenters. The molecule has 0 rings (SSSR count). The van der Waals surface area contributed by atoms with Crippen molar-refractivity contribution >= 4 is 11.9 Å². The SMILES string of the molecule is COC(=O)C/C=C\CCCCCCCC(=O)OC. The summed E-state index contributed by atoms with van der Waals surface area (Å²) >= 11 is 0. The van der Waals surface area contributed by atoms with Gasteiger partial charge in [0.2, 0.25) is 0 Å². The van der Waals surface area contributed by atoms with Gasteiger partial charge in [0.15, 0.2) is 0 Å². The van der Waals surface area contributed by atoms with Crippen LogP contribution in [0, 0.1) is 0 Å². The Labute approximate surface area is 109 Å². The smallest absolute Gasteiger partial charge is 0.309 e. The van der Waals surface area contributed by atoms with E-state index in [-0.39, 0.29) is 11.9 Å². The summed E-state index contributed by atoms with van der Waals surface area (Å²) in [5.41, 5.74) is 0. The average Bonchev–Trinajstić information content (AvgIpc) is 2.40. The van der Waals surface area contributed by atoms with Crippen LogP contribution in [0.3, 0.4) is 0 Å². The highest BCUT2D eigenvalue weighted by atomic mass is 16.5. The summed E-state index contributed by atoms with van der Waals surface area (Å²) in [4.78, 5) is 21.6. The largest absolute Gasteiger partial charge is 0.469 e. The van der Waals surface area contributed by atoms with Gasteiger partial charge in [0.25, 0.3) is 0 Å². The van der Waals surface area contributed by atoms with Gasteiger partial charge in [0.1, 0.15) is 0 Å². The van der Waals surface area contributed by atoms with E-state index in [0.29, 0.717) is 12.8 Å². The zero-order valence-electron chi connectivity index (χ0n) is 11.4. The molecule has 0 aromatic heterocycles. The zero-order valence-corrected chi connectivity index (χ0v) is 11.4. The van der Waals surface area contributed by atoms with Gasteiger partial charge in [-0.15, -0.1) is 0 Å². The van der Waals surface area contributed by atoms with Crippen LogP contribution in [-0.2, 0) is 19.1 Å². The number of carbonyl (C=O) groups is 2. The number of allylic oxidation sites excluding steroid dienone is 1. The van der Waals surface area contributed by atoms with Gasteiger partial charge in [-0.1, -0.05) is 31.4 Å². The lowest BCUT2D eigenvalue weighted by molar-refractivity contribution is -0.141. The second kappa shape index (κ2) is 12.1. The Bertz CT molecular complexity index is 259. The predicted molar refractivity (Wildman–Crippen MR) is 70.1 cm³/mol. The molecule has 0 heterocycles. The molecule has 0 fully saturated rings. The first-order chi connectivity index (χ1) is 8.70. The van der Waals surface area contributed by atoms with Crippen molar-refractivity contribution in [3.8, 4) is 0 Å². The van der Waals surface area contributed by atoms with E-state index in [1.165, 1.54) is 14.2 Å². The van der Waals surface area contributed by atoms with Crippen molar-refractivity contribution in [2.45, 2.75) is 51.4 Å². The van der Waals surface area contributed by atoms with Crippen LogP contribution in [0.5, 0.6) is 0 Å². The van der Waals surface area contributed by atoms with Gasteiger partial charge in [-0.25, -0.2) is 0 Å². The minimum atomic E-state index is -0.200. The van der Waals surface area contributed by atoms with E-state index >= 15 is 0 Å². The maximum absolute atomic E-state index is 10.8. The maximum Gasteiger partial charge on any atom is 0.309 e. The molecule has 4 nitrogen and oxygen atoms in total. The lowest BCUT2D eigenvalue weighted by atomic mass is 10.1. The Morgan fingerprint density at radius 3 is 2.11 bits per heavy atom. The molecule has 4 heteroatoms. The summed E-state index contributed by atoms with van der Waals surface area (Å²) in [6.45, 7) is 0. The standard InChI is InChI=1S/C14H24O4/c1-17-13(15)11-9-7-5-3-4-6-8-10-12-14(16)18-2/h7,9H,3-6,8,10-12H2,1-2H3/b9-7-. The van der Waals surface area contributed by atoms with Crippen LogP contribution in [0.15, 0.2) is 12.2 Å². The van der Waals surface area contributed by atoms with E-state index in [0.717, 1.165) is 38.5 Å². The number of carbonyl (C=O) groups excluding carboxylic acids is 2. The summed E-state index contributed by atoms with van der Waals surface area (Å²) in [7, 11) is 2.81. The van der Waals surface area contributed by atoms with Crippen LogP contribution in [0.2, 0.25) is 0 Å². The number of hydrogen-bond donors (Lipinski definition) is 0. The molecule has 0 aromatic rings. The predicted octanol–water partition coefficient (Wildman–Crippen LogP) is 3.01. The minimum absolute atomic E-state index is 0.124. The highest BCUT2D eigenvalue weighted by Crippen LogP contribution is 2.08. The molecule has 0 atom stereocenters.